The third kappa shape index (κ3) is 5.04. The predicted octanol–water partition coefficient (Wildman–Crippen LogP) is 3.71. The van der Waals surface area contributed by atoms with Crippen LogP contribution in [0.15, 0.2) is 66.7 Å². The second kappa shape index (κ2) is 8.97. The number of hydrogen-bond donors (Lipinski definition) is 2. The van der Waals surface area contributed by atoms with E-state index in [4.69, 9.17) is 11.6 Å². The number of halogens is 1. The fraction of sp³-hybridized carbons (Fsp3) is 0.150. The van der Waals surface area contributed by atoms with Crippen molar-refractivity contribution in [1.29, 1.82) is 0 Å². The van der Waals surface area contributed by atoms with Gasteiger partial charge < -0.3 is 10.6 Å². The van der Waals surface area contributed by atoms with Gasteiger partial charge in [-0.05, 0) is 35.7 Å². The lowest BCUT2D eigenvalue weighted by atomic mass is 10.1. The highest BCUT2D eigenvalue weighted by molar-refractivity contribution is 6.31. The molecule has 0 saturated carbocycles. The summed E-state index contributed by atoms with van der Waals surface area (Å²) in [5, 5.41) is 14.7. The van der Waals surface area contributed by atoms with E-state index < -0.39 is 0 Å². The van der Waals surface area contributed by atoms with E-state index in [1.807, 2.05) is 54.6 Å². The number of aromatic nitrogens is 2. The fourth-order valence-electron chi connectivity index (χ4n) is 2.43. The Kier molecular flexibility index (Phi) is 6.17. The number of amides is 1. The smallest absolute Gasteiger partial charge is 0.271 e. The molecule has 5 nitrogen and oxygen atoms in total. The molecule has 1 aromatic heterocycles. The standard InChI is InChI=1S/C20H19ClN4O/c21-17-9-5-4-8-16(17)14-23-19-11-10-18(24-25-19)20(26)22-13-12-15-6-2-1-3-7-15/h1-11H,12-14H2,(H,22,26)(H,23,25). The number of carbonyl (C=O) groups is 1. The molecule has 132 valence electrons. The molecule has 1 heterocycles. The first-order chi connectivity index (χ1) is 12.7. The maximum absolute atomic E-state index is 12.1. The minimum Gasteiger partial charge on any atom is -0.364 e. The second-order valence-electron chi connectivity index (χ2n) is 5.74. The Morgan fingerprint density at radius 2 is 1.69 bits per heavy atom. The molecule has 26 heavy (non-hydrogen) atoms. The third-order valence-corrected chi connectivity index (χ3v) is 4.23. The molecule has 0 aliphatic carbocycles. The topological polar surface area (TPSA) is 66.9 Å². The number of rotatable bonds is 7. The highest BCUT2D eigenvalue weighted by atomic mass is 35.5. The maximum Gasteiger partial charge on any atom is 0.271 e. The Morgan fingerprint density at radius 3 is 2.42 bits per heavy atom. The highest BCUT2D eigenvalue weighted by Gasteiger charge is 2.08. The Bertz CT molecular complexity index is 853. The molecule has 0 saturated heterocycles. The summed E-state index contributed by atoms with van der Waals surface area (Å²) in [5.41, 5.74) is 2.44. The van der Waals surface area contributed by atoms with Gasteiger partial charge in [0.1, 0.15) is 5.82 Å². The van der Waals surface area contributed by atoms with Gasteiger partial charge in [0.15, 0.2) is 5.69 Å². The van der Waals surface area contributed by atoms with Gasteiger partial charge >= 0.3 is 0 Å². The molecule has 3 aromatic rings. The third-order valence-electron chi connectivity index (χ3n) is 3.86. The molecule has 0 atom stereocenters. The van der Waals surface area contributed by atoms with E-state index in [2.05, 4.69) is 20.8 Å². The number of nitrogens with one attached hydrogen (secondary N) is 2. The zero-order valence-corrected chi connectivity index (χ0v) is 14.9. The first kappa shape index (κ1) is 17.9. The molecule has 0 radical (unpaired) electrons. The van der Waals surface area contributed by atoms with E-state index in [0.29, 0.717) is 29.6 Å². The first-order valence-electron chi connectivity index (χ1n) is 8.35. The van der Waals surface area contributed by atoms with Gasteiger partial charge in [0.05, 0.1) is 0 Å². The van der Waals surface area contributed by atoms with Crippen molar-refractivity contribution in [2.24, 2.45) is 0 Å². The fourth-order valence-corrected chi connectivity index (χ4v) is 2.63. The molecular weight excluding hydrogens is 348 g/mol. The molecule has 1 amide bonds. The number of anilines is 1. The van der Waals surface area contributed by atoms with E-state index in [1.54, 1.807) is 12.1 Å². The van der Waals surface area contributed by atoms with Crippen LogP contribution in [-0.2, 0) is 13.0 Å². The van der Waals surface area contributed by atoms with Crippen molar-refractivity contribution in [2.75, 3.05) is 11.9 Å². The number of nitrogens with zero attached hydrogens (tertiary/aromatic N) is 2. The molecule has 0 aliphatic heterocycles. The van der Waals surface area contributed by atoms with Gasteiger partial charge in [-0.3, -0.25) is 4.79 Å². The highest BCUT2D eigenvalue weighted by Crippen LogP contribution is 2.16. The van der Waals surface area contributed by atoms with Gasteiger partial charge in [0.25, 0.3) is 5.91 Å². The van der Waals surface area contributed by atoms with Gasteiger partial charge in [-0.25, -0.2) is 0 Å². The average Bonchev–Trinajstić information content (AvgIpc) is 2.68. The largest absolute Gasteiger partial charge is 0.364 e. The van der Waals surface area contributed by atoms with Crippen LogP contribution >= 0.6 is 11.6 Å². The van der Waals surface area contributed by atoms with Crippen LogP contribution in [0.3, 0.4) is 0 Å². The summed E-state index contributed by atoms with van der Waals surface area (Å²) in [7, 11) is 0. The van der Waals surface area contributed by atoms with Crippen LogP contribution in [0.2, 0.25) is 5.02 Å². The summed E-state index contributed by atoms with van der Waals surface area (Å²) in [5.74, 6) is 0.358. The van der Waals surface area contributed by atoms with Crippen molar-refractivity contribution >= 4 is 23.3 Å². The molecule has 2 N–H and O–H groups in total. The monoisotopic (exact) mass is 366 g/mol. The summed E-state index contributed by atoms with van der Waals surface area (Å²) in [4.78, 5) is 12.1. The van der Waals surface area contributed by atoms with Gasteiger partial charge in [-0.2, -0.15) is 0 Å². The minimum atomic E-state index is -0.230. The van der Waals surface area contributed by atoms with Crippen LogP contribution < -0.4 is 10.6 Å². The molecule has 0 fully saturated rings. The van der Waals surface area contributed by atoms with E-state index in [-0.39, 0.29) is 5.91 Å². The van der Waals surface area contributed by atoms with Gasteiger partial charge in [-0.15, -0.1) is 10.2 Å². The van der Waals surface area contributed by atoms with Crippen molar-refractivity contribution in [3.8, 4) is 0 Å². The Balaban J connectivity index is 1.49. The molecule has 0 bridgehead atoms. The Labute approximate surface area is 157 Å². The molecule has 0 aliphatic rings. The zero-order chi connectivity index (χ0) is 18.2. The lowest BCUT2D eigenvalue weighted by Crippen LogP contribution is -2.26. The van der Waals surface area contributed by atoms with Crippen LogP contribution in [0.1, 0.15) is 21.6 Å². The molecule has 0 spiro atoms. The van der Waals surface area contributed by atoms with Crippen LogP contribution in [0.4, 0.5) is 5.82 Å². The van der Waals surface area contributed by atoms with Crippen LogP contribution in [0.5, 0.6) is 0 Å². The average molecular weight is 367 g/mol. The van der Waals surface area contributed by atoms with E-state index in [1.165, 1.54) is 5.56 Å². The summed E-state index contributed by atoms with van der Waals surface area (Å²) in [6.07, 6.45) is 0.775. The SMILES string of the molecule is O=C(NCCc1ccccc1)c1ccc(NCc2ccccc2Cl)nn1. The Morgan fingerprint density at radius 1 is 0.923 bits per heavy atom. The summed E-state index contributed by atoms with van der Waals surface area (Å²) in [6, 6.07) is 21.0. The normalized spacial score (nSPS) is 10.3. The van der Waals surface area contributed by atoms with Crippen LogP contribution in [0.25, 0.3) is 0 Å². The lowest BCUT2D eigenvalue weighted by molar-refractivity contribution is 0.0948. The van der Waals surface area contributed by atoms with E-state index in [0.717, 1.165) is 12.0 Å². The van der Waals surface area contributed by atoms with Crippen molar-refractivity contribution in [3.63, 3.8) is 0 Å². The van der Waals surface area contributed by atoms with Crippen LogP contribution in [-0.4, -0.2) is 22.6 Å². The quantitative estimate of drug-likeness (QED) is 0.668. The first-order valence-corrected chi connectivity index (χ1v) is 8.73. The van der Waals surface area contributed by atoms with Crippen molar-refractivity contribution in [1.82, 2.24) is 15.5 Å². The number of carbonyl (C=O) groups excluding carboxylic acids is 1. The van der Waals surface area contributed by atoms with Crippen LogP contribution in [0, 0.1) is 0 Å². The summed E-state index contributed by atoms with van der Waals surface area (Å²) < 4.78 is 0. The lowest BCUT2D eigenvalue weighted by Gasteiger charge is -2.08. The minimum absolute atomic E-state index is 0.230. The van der Waals surface area contributed by atoms with Crippen molar-refractivity contribution in [2.45, 2.75) is 13.0 Å². The molecular formula is C20H19ClN4O. The van der Waals surface area contributed by atoms with E-state index in [9.17, 15) is 4.79 Å². The Hall–Kier alpha value is -2.92. The summed E-state index contributed by atoms with van der Waals surface area (Å²) in [6.45, 7) is 1.09. The second-order valence-corrected chi connectivity index (χ2v) is 6.15. The zero-order valence-electron chi connectivity index (χ0n) is 14.2. The molecule has 0 unspecified atom stereocenters. The predicted molar refractivity (Wildman–Crippen MR) is 103 cm³/mol. The van der Waals surface area contributed by atoms with Gasteiger partial charge in [0, 0.05) is 18.1 Å². The van der Waals surface area contributed by atoms with E-state index >= 15 is 0 Å². The number of hydrogen-bond acceptors (Lipinski definition) is 4. The van der Waals surface area contributed by atoms with Gasteiger partial charge in [0.2, 0.25) is 0 Å². The maximum atomic E-state index is 12.1. The molecule has 6 heteroatoms. The molecule has 3 rings (SSSR count). The van der Waals surface area contributed by atoms with Crippen molar-refractivity contribution < 1.29 is 4.79 Å². The summed E-state index contributed by atoms with van der Waals surface area (Å²) >= 11 is 6.12. The van der Waals surface area contributed by atoms with Gasteiger partial charge in [-0.1, -0.05) is 60.1 Å². The number of benzene rings is 2. The molecule has 2 aromatic carbocycles. The van der Waals surface area contributed by atoms with Crippen molar-refractivity contribution in [3.05, 3.63) is 88.6 Å².